The van der Waals surface area contributed by atoms with Crippen LogP contribution in [0.25, 0.3) is 0 Å². The van der Waals surface area contributed by atoms with Crippen molar-refractivity contribution in [3.05, 3.63) is 24.3 Å². The van der Waals surface area contributed by atoms with Crippen LogP contribution in [-0.4, -0.2) is 42.5 Å². The fraction of sp³-hybridized carbons (Fsp3) is 0.500. The first-order chi connectivity index (χ1) is 11.4. The first-order valence-electron chi connectivity index (χ1n) is 7.91. The zero-order valence-electron chi connectivity index (χ0n) is 14.8. The van der Waals surface area contributed by atoms with E-state index in [2.05, 4.69) is 9.98 Å². The van der Waals surface area contributed by atoms with Crippen LogP contribution in [-0.2, 0) is 4.84 Å². The number of para-hydroxylation sites is 2. The summed E-state index contributed by atoms with van der Waals surface area (Å²) in [5.74, 6) is 1.79. The topological polar surface area (TPSA) is 108 Å². The van der Waals surface area contributed by atoms with Gasteiger partial charge in [-0.2, -0.15) is 10.1 Å². The summed E-state index contributed by atoms with van der Waals surface area (Å²) >= 11 is 0. The number of guanidine groups is 2. The smallest absolute Gasteiger partial charge is 0.226 e. The Morgan fingerprint density at radius 1 is 1.08 bits per heavy atom. The minimum atomic E-state index is -0.696. The molecule has 0 saturated heterocycles. The average molecular weight is 416 g/mol. The van der Waals surface area contributed by atoms with Gasteiger partial charge >= 0.3 is 0 Å². The second-order valence-corrected chi connectivity index (χ2v) is 5.64. The Labute approximate surface area is 158 Å². The lowest BCUT2D eigenvalue weighted by Gasteiger charge is -2.36. The summed E-state index contributed by atoms with van der Waals surface area (Å²) in [7, 11) is 0. The van der Waals surface area contributed by atoms with Gasteiger partial charge in [0.25, 0.3) is 0 Å². The molecular formula is C16H26BrN5O3. The van der Waals surface area contributed by atoms with E-state index in [9.17, 15) is 0 Å². The number of hydroxylamine groups is 2. The molecule has 1 heterocycles. The molecule has 0 aromatic heterocycles. The Morgan fingerprint density at radius 2 is 1.72 bits per heavy atom. The quantitative estimate of drug-likeness (QED) is 0.628. The second-order valence-electron chi connectivity index (χ2n) is 5.64. The van der Waals surface area contributed by atoms with Gasteiger partial charge in [-0.15, -0.1) is 17.0 Å². The molecule has 1 aromatic carbocycles. The summed E-state index contributed by atoms with van der Waals surface area (Å²) in [6, 6.07) is 7.57. The summed E-state index contributed by atoms with van der Waals surface area (Å²) in [6.45, 7) is 7.11. The van der Waals surface area contributed by atoms with E-state index < -0.39 is 5.66 Å². The highest BCUT2D eigenvalue weighted by Gasteiger charge is 2.32. The zero-order chi connectivity index (χ0) is 17.6. The molecule has 25 heavy (non-hydrogen) atoms. The standard InChI is InChI=1S/C16H25N5O3.BrH/c1-4-22-12-8-5-6-9-13(12)23-10-7-11-24-21-15(18)19-14(17)20-16(21,2)3;/h5-6,8-9H,4,7,10-11H2,1-3H3,(H4,17,18,19,20);1H. The summed E-state index contributed by atoms with van der Waals surface area (Å²) in [5.41, 5.74) is 10.8. The Bertz CT molecular complexity index is 622. The molecule has 0 amide bonds. The molecule has 0 saturated carbocycles. The van der Waals surface area contributed by atoms with E-state index in [4.69, 9.17) is 25.8 Å². The Balaban J connectivity index is 0.00000312. The highest BCUT2D eigenvalue weighted by atomic mass is 79.9. The Morgan fingerprint density at radius 3 is 2.32 bits per heavy atom. The Kier molecular flexibility index (Phi) is 7.98. The van der Waals surface area contributed by atoms with Crippen molar-refractivity contribution < 1.29 is 14.3 Å². The van der Waals surface area contributed by atoms with Crippen LogP contribution < -0.4 is 20.9 Å². The van der Waals surface area contributed by atoms with Crippen molar-refractivity contribution in [3.63, 3.8) is 0 Å². The van der Waals surface area contributed by atoms with Gasteiger partial charge in [0.15, 0.2) is 17.2 Å². The van der Waals surface area contributed by atoms with Crippen LogP contribution in [0.15, 0.2) is 34.3 Å². The molecule has 0 fully saturated rings. The number of nitrogens with two attached hydrogens (primary N) is 2. The molecular weight excluding hydrogens is 390 g/mol. The van der Waals surface area contributed by atoms with Crippen molar-refractivity contribution in [1.82, 2.24) is 5.06 Å². The number of rotatable bonds is 8. The van der Waals surface area contributed by atoms with Gasteiger partial charge in [0.2, 0.25) is 11.9 Å². The third-order valence-electron chi connectivity index (χ3n) is 3.24. The van der Waals surface area contributed by atoms with Crippen LogP contribution in [0.4, 0.5) is 0 Å². The molecule has 0 atom stereocenters. The van der Waals surface area contributed by atoms with Gasteiger partial charge in [-0.1, -0.05) is 12.1 Å². The summed E-state index contributed by atoms with van der Waals surface area (Å²) in [4.78, 5) is 13.8. The number of hydrogen-bond acceptors (Lipinski definition) is 8. The molecule has 0 aliphatic carbocycles. The van der Waals surface area contributed by atoms with Crippen molar-refractivity contribution in [2.24, 2.45) is 21.5 Å². The number of aliphatic imine (C=N–C) groups is 2. The van der Waals surface area contributed by atoms with Crippen LogP contribution in [0.1, 0.15) is 27.2 Å². The van der Waals surface area contributed by atoms with Gasteiger partial charge in [-0.3, -0.25) is 4.84 Å². The molecule has 2 rings (SSSR count). The van der Waals surface area contributed by atoms with E-state index in [1.54, 1.807) is 0 Å². The zero-order valence-corrected chi connectivity index (χ0v) is 16.5. The fourth-order valence-corrected chi connectivity index (χ4v) is 2.26. The van der Waals surface area contributed by atoms with Gasteiger partial charge in [0.05, 0.1) is 19.8 Å². The first-order valence-corrected chi connectivity index (χ1v) is 7.91. The predicted octanol–water partition coefficient (Wildman–Crippen LogP) is 2.04. The minimum absolute atomic E-state index is 0. The van der Waals surface area contributed by atoms with Crippen LogP contribution in [0, 0.1) is 0 Å². The normalized spacial score (nSPS) is 15.7. The third kappa shape index (κ3) is 5.79. The molecule has 0 bridgehead atoms. The van der Waals surface area contributed by atoms with Crippen LogP contribution in [0.2, 0.25) is 0 Å². The molecule has 0 unspecified atom stereocenters. The van der Waals surface area contributed by atoms with E-state index in [0.717, 1.165) is 11.5 Å². The van der Waals surface area contributed by atoms with Crippen LogP contribution in [0.3, 0.4) is 0 Å². The maximum Gasteiger partial charge on any atom is 0.226 e. The SMILES string of the molecule is Br.CCOc1ccccc1OCCCON1C(N)=NC(N)=NC1(C)C. The number of hydrogen-bond donors (Lipinski definition) is 2. The van der Waals surface area contributed by atoms with E-state index in [-0.39, 0.29) is 28.9 Å². The molecule has 1 aromatic rings. The van der Waals surface area contributed by atoms with Gasteiger partial charge in [-0.25, -0.2) is 4.99 Å². The van der Waals surface area contributed by atoms with Gasteiger partial charge < -0.3 is 20.9 Å². The van der Waals surface area contributed by atoms with Crippen LogP contribution >= 0.6 is 17.0 Å². The Hall–Kier alpha value is -2.00. The largest absolute Gasteiger partial charge is 0.490 e. The van der Waals surface area contributed by atoms with E-state index in [1.807, 2.05) is 45.0 Å². The number of benzene rings is 1. The van der Waals surface area contributed by atoms with Crippen LogP contribution in [0.5, 0.6) is 11.5 Å². The van der Waals surface area contributed by atoms with E-state index in [0.29, 0.717) is 26.2 Å². The molecule has 4 N–H and O–H groups in total. The lowest BCUT2D eigenvalue weighted by atomic mass is 10.2. The van der Waals surface area contributed by atoms with Crippen molar-refractivity contribution >= 4 is 28.9 Å². The number of halogens is 1. The molecule has 0 spiro atoms. The molecule has 140 valence electrons. The minimum Gasteiger partial charge on any atom is -0.490 e. The molecule has 1 aliphatic heterocycles. The number of ether oxygens (including phenoxy) is 2. The maximum atomic E-state index is 5.85. The fourth-order valence-electron chi connectivity index (χ4n) is 2.26. The van der Waals surface area contributed by atoms with Crippen molar-refractivity contribution in [3.8, 4) is 11.5 Å². The predicted molar refractivity (Wildman–Crippen MR) is 103 cm³/mol. The monoisotopic (exact) mass is 415 g/mol. The number of nitrogens with zero attached hydrogens (tertiary/aromatic N) is 3. The van der Waals surface area contributed by atoms with Gasteiger partial charge in [0, 0.05) is 6.42 Å². The lowest BCUT2D eigenvalue weighted by molar-refractivity contribution is -0.158. The van der Waals surface area contributed by atoms with Crippen molar-refractivity contribution in [1.29, 1.82) is 0 Å². The highest BCUT2D eigenvalue weighted by Crippen LogP contribution is 2.26. The summed E-state index contributed by atoms with van der Waals surface area (Å²) in [6.07, 6.45) is 0.666. The molecule has 1 aliphatic rings. The first kappa shape index (κ1) is 21.0. The van der Waals surface area contributed by atoms with Crippen molar-refractivity contribution in [2.45, 2.75) is 32.9 Å². The van der Waals surface area contributed by atoms with Crippen molar-refractivity contribution in [2.75, 3.05) is 19.8 Å². The van der Waals surface area contributed by atoms with Gasteiger partial charge in [0.1, 0.15) is 0 Å². The summed E-state index contributed by atoms with van der Waals surface area (Å²) in [5, 5.41) is 1.46. The third-order valence-corrected chi connectivity index (χ3v) is 3.24. The molecule has 8 nitrogen and oxygen atoms in total. The molecule has 0 radical (unpaired) electrons. The van der Waals surface area contributed by atoms with Gasteiger partial charge in [-0.05, 0) is 32.9 Å². The van der Waals surface area contributed by atoms with E-state index >= 15 is 0 Å². The average Bonchev–Trinajstić information content (AvgIpc) is 2.50. The molecule has 9 heteroatoms. The summed E-state index contributed by atoms with van der Waals surface area (Å²) < 4.78 is 11.3. The second kappa shape index (κ2) is 9.47. The van der Waals surface area contributed by atoms with E-state index in [1.165, 1.54) is 5.06 Å². The highest BCUT2D eigenvalue weighted by molar-refractivity contribution is 8.93. The maximum absolute atomic E-state index is 5.85. The lowest BCUT2D eigenvalue weighted by Crippen LogP contribution is -2.53.